The summed E-state index contributed by atoms with van der Waals surface area (Å²) in [6.45, 7) is 0. The lowest BCUT2D eigenvalue weighted by Crippen LogP contribution is -2.07. The van der Waals surface area contributed by atoms with Crippen LogP contribution in [0.1, 0.15) is 5.56 Å². The van der Waals surface area contributed by atoms with Gasteiger partial charge in [-0.25, -0.2) is 0 Å². The molecule has 0 amide bonds. The van der Waals surface area contributed by atoms with Crippen LogP contribution in [0.15, 0.2) is 24.3 Å². The molecule has 0 bridgehead atoms. The van der Waals surface area contributed by atoms with Crippen LogP contribution in [0.25, 0.3) is 0 Å². The van der Waals surface area contributed by atoms with Crippen molar-refractivity contribution in [2.75, 3.05) is 19.0 Å². The first-order valence-corrected chi connectivity index (χ1v) is 4.16. The lowest BCUT2D eigenvalue weighted by atomic mass is 10.2. The largest absolute Gasteiger partial charge is 0.378 e. The molecule has 0 atom stereocenters. The average molecular weight is 195 g/mol. The molecule has 1 aromatic carbocycles. The van der Waals surface area contributed by atoms with Crippen molar-refractivity contribution in [2.24, 2.45) is 0 Å². The predicted octanol–water partition coefficient (Wildman–Crippen LogP) is 2.37. The zero-order valence-corrected chi connectivity index (χ0v) is 8.09. The summed E-state index contributed by atoms with van der Waals surface area (Å²) in [5.41, 5.74) is 1.63. The molecule has 0 aliphatic heterocycles. The van der Waals surface area contributed by atoms with E-state index in [0.717, 1.165) is 5.69 Å². The van der Waals surface area contributed by atoms with E-state index in [4.69, 9.17) is 0 Å². The van der Waals surface area contributed by atoms with Gasteiger partial charge in [-0.1, -0.05) is 5.92 Å². The number of anilines is 1. The van der Waals surface area contributed by atoms with E-state index in [1.54, 1.807) is 12.1 Å². The maximum Gasteiger partial charge on any atom is 0.299 e. The van der Waals surface area contributed by atoms with Gasteiger partial charge in [0.2, 0.25) is 0 Å². The second kappa shape index (κ2) is 4.61. The SMILES string of the molecule is CN(C)c1ccc(C#CC(F)F)cc1. The molecular weight excluding hydrogens is 184 g/mol. The van der Waals surface area contributed by atoms with Gasteiger partial charge < -0.3 is 4.90 Å². The molecule has 0 N–H and O–H groups in total. The third-order valence-corrected chi connectivity index (χ3v) is 1.71. The van der Waals surface area contributed by atoms with Crippen LogP contribution < -0.4 is 4.90 Å². The zero-order valence-electron chi connectivity index (χ0n) is 8.09. The van der Waals surface area contributed by atoms with Crippen LogP contribution in [0.2, 0.25) is 0 Å². The molecule has 0 fully saturated rings. The molecule has 0 aliphatic carbocycles. The fraction of sp³-hybridized carbons (Fsp3) is 0.273. The van der Waals surface area contributed by atoms with Crippen molar-refractivity contribution in [3.63, 3.8) is 0 Å². The number of benzene rings is 1. The van der Waals surface area contributed by atoms with Crippen LogP contribution in [0.3, 0.4) is 0 Å². The standard InChI is InChI=1S/C11H11F2N/c1-14(2)10-6-3-9(4-7-10)5-8-11(12)13/h3-4,6-7,11H,1-2H3. The molecule has 74 valence electrons. The van der Waals surface area contributed by atoms with Gasteiger partial charge in [0.1, 0.15) is 0 Å². The second-order valence-corrected chi connectivity index (χ2v) is 3.01. The molecule has 0 saturated heterocycles. The van der Waals surface area contributed by atoms with E-state index in [-0.39, 0.29) is 0 Å². The molecule has 0 unspecified atom stereocenters. The third kappa shape index (κ3) is 3.06. The van der Waals surface area contributed by atoms with Crippen molar-refractivity contribution in [1.82, 2.24) is 0 Å². The van der Waals surface area contributed by atoms with Gasteiger partial charge in [0.15, 0.2) is 0 Å². The third-order valence-electron chi connectivity index (χ3n) is 1.71. The molecular formula is C11H11F2N. The zero-order chi connectivity index (χ0) is 10.6. The van der Waals surface area contributed by atoms with Crippen LogP contribution >= 0.6 is 0 Å². The molecule has 0 aliphatic rings. The first-order chi connectivity index (χ1) is 6.59. The van der Waals surface area contributed by atoms with Gasteiger partial charge in [0.05, 0.1) is 0 Å². The highest BCUT2D eigenvalue weighted by Crippen LogP contribution is 2.11. The van der Waals surface area contributed by atoms with E-state index in [0.29, 0.717) is 5.56 Å². The Balaban J connectivity index is 2.80. The van der Waals surface area contributed by atoms with E-state index in [1.165, 1.54) is 0 Å². The molecule has 3 heteroatoms. The van der Waals surface area contributed by atoms with E-state index in [9.17, 15) is 8.78 Å². The Bertz CT molecular complexity index is 344. The summed E-state index contributed by atoms with van der Waals surface area (Å²) in [5.74, 6) is 4.21. The van der Waals surface area contributed by atoms with E-state index >= 15 is 0 Å². The van der Waals surface area contributed by atoms with Crippen molar-refractivity contribution in [1.29, 1.82) is 0 Å². The Labute approximate surface area is 82.3 Å². The van der Waals surface area contributed by atoms with E-state index in [2.05, 4.69) is 5.92 Å². The molecule has 14 heavy (non-hydrogen) atoms. The first-order valence-electron chi connectivity index (χ1n) is 4.16. The van der Waals surface area contributed by atoms with E-state index in [1.807, 2.05) is 37.0 Å². The maximum absolute atomic E-state index is 11.7. The quantitative estimate of drug-likeness (QED) is 0.622. The number of alkyl halides is 2. The number of rotatable bonds is 1. The summed E-state index contributed by atoms with van der Waals surface area (Å²) in [5, 5.41) is 0. The Kier molecular flexibility index (Phi) is 3.47. The first kappa shape index (κ1) is 10.5. The highest BCUT2D eigenvalue weighted by Gasteiger charge is 1.95. The summed E-state index contributed by atoms with van der Waals surface area (Å²) in [6, 6.07) is 7.14. The fourth-order valence-electron chi connectivity index (χ4n) is 0.981. The van der Waals surface area contributed by atoms with Crippen LogP contribution in [0, 0.1) is 11.8 Å². The van der Waals surface area contributed by atoms with Crippen molar-refractivity contribution in [2.45, 2.75) is 6.43 Å². The molecule has 1 aromatic rings. The highest BCUT2D eigenvalue weighted by atomic mass is 19.3. The summed E-state index contributed by atoms with van der Waals surface area (Å²) < 4.78 is 23.5. The lowest BCUT2D eigenvalue weighted by molar-refractivity contribution is 0.215. The molecule has 0 heterocycles. The molecule has 0 aromatic heterocycles. The van der Waals surface area contributed by atoms with Gasteiger partial charge in [-0.3, -0.25) is 0 Å². The molecule has 0 radical (unpaired) electrons. The summed E-state index contributed by atoms with van der Waals surface area (Å²) in [7, 11) is 3.83. The van der Waals surface area contributed by atoms with Crippen LogP contribution in [0.5, 0.6) is 0 Å². The number of hydrogen-bond donors (Lipinski definition) is 0. The number of halogens is 2. The topological polar surface area (TPSA) is 3.24 Å². The van der Waals surface area contributed by atoms with Crippen LogP contribution in [-0.4, -0.2) is 20.5 Å². The lowest BCUT2D eigenvalue weighted by Gasteiger charge is -2.11. The van der Waals surface area contributed by atoms with Gasteiger partial charge in [-0.2, -0.15) is 8.78 Å². The minimum absolute atomic E-state index is 0.607. The summed E-state index contributed by atoms with van der Waals surface area (Å²) in [6.07, 6.45) is -2.57. The van der Waals surface area contributed by atoms with Crippen LogP contribution in [-0.2, 0) is 0 Å². The number of hydrogen-bond acceptors (Lipinski definition) is 1. The molecule has 1 rings (SSSR count). The van der Waals surface area contributed by atoms with Crippen LogP contribution in [0.4, 0.5) is 14.5 Å². The molecule has 0 spiro atoms. The second-order valence-electron chi connectivity index (χ2n) is 3.01. The van der Waals surface area contributed by atoms with Gasteiger partial charge in [0.25, 0.3) is 6.43 Å². The average Bonchev–Trinajstić information content (AvgIpc) is 2.15. The van der Waals surface area contributed by atoms with E-state index < -0.39 is 6.43 Å². The predicted molar refractivity (Wildman–Crippen MR) is 53.7 cm³/mol. The Morgan fingerprint density at radius 1 is 1.14 bits per heavy atom. The van der Waals surface area contributed by atoms with Gasteiger partial charge in [0, 0.05) is 25.3 Å². The van der Waals surface area contributed by atoms with Gasteiger partial charge in [-0.15, -0.1) is 0 Å². The minimum Gasteiger partial charge on any atom is -0.378 e. The molecule has 1 nitrogen and oxygen atoms in total. The maximum atomic E-state index is 11.7. The summed E-state index contributed by atoms with van der Waals surface area (Å²) >= 11 is 0. The smallest absolute Gasteiger partial charge is 0.299 e. The van der Waals surface area contributed by atoms with Crippen molar-refractivity contribution < 1.29 is 8.78 Å². The minimum atomic E-state index is -2.57. The fourth-order valence-corrected chi connectivity index (χ4v) is 0.981. The normalized spacial score (nSPS) is 9.50. The Morgan fingerprint density at radius 3 is 2.14 bits per heavy atom. The van der Waals surface area contributed by atoms with Crippen molar-refractivity contribution in [3.8, 4) is 11.8 Å². The number of nitrogens with zero attached hydrogens (tertiary/aromatic N) is 1. The highest BCUT2D eigenvalue weighted by molar-refractivity contribution is 5.49. The van der Waals surface area contributed by atoms with Crippen molar-refractivity contribution >= 4 is 5.69 Å². The monoisotopic (exact) mass is 195 g/mol. The summed E-state index contributed by atoms with van der Waals surface area (Å²) in [4.78, 5) is 1.93. The van der Waals surface area contributed by atoms with Gasteiger partial charge in [-0.05, 0) is 30.2 Å². The molecule has 0 saturated carbocycles. The Hall–Kier alpha value is -1.56. The van der Waals surface area contributed by atoms with Gasteiger partial charge >= 0.3 is 0 Å². The van der Waals surface area contributed by atoms with Crippen molar-refractivity contribution in [3.05, 3.63) is 29.8 Å². The Morgan fingerprint density at radius 2 is 1.71 bits per heavy atom.